The third-order valence-electron chi connectivity index (χ3n) is 7.63. The third kappa shape index (κ3) is 11.0. The van der Waals surface area contributed by atoms with Crippen LogP contribution in [-0.2, 0) is 4.74 Å². The monoisotopic (exact) mass is 635 g/mol. The van der Waals surface area contributed by atoms with E-state index >= 15 is 0 Å². The molecule has 47 heavy (non-hydrogen) atoms. The summed E-state index contributed by atoms with van der Waals surface area (Å²) < 4.78 is 5.64. The van der Waals surface area contributed by atoms with Crippen molar-refractivity contribution < 1.29 is 14.3 Å². The molecular weight excluding hydrogens is 582 g/mol. The number of Topliss-reactive ketones (excluding diaryl/α,β-unsaturated/α-hetero) is 1. The smallest absolute Gasteiger partial charge is 0.256 e. The molecule has 0 saturated carbocycles. The molecule has 0 aliphatic heterocycles. The summed E-state index contributed by atoms with van der Waals surface area (Å²) in [4.78, 5) is 35.0. The van der Waals surface area contributed by atoms with Crippen molar-refractivity contribution in [3.63, 3.8) is 0 Å². The fourth-order valence-corrected chi connectivity index (χ4v) is 4.78. The van der Waals surface area contributed by atoms with Crippen molar-refractivity contribution in [3.05, 3.63) is 112 Å². The van der Waals surface area contributed by atoms with Gasteiger partial charge in [0.25, 0.3) is 5.91 Å². The zero-order valence-electron chi connectivity index (χ0n) is 30.2. The number of aromatic nitrogens is 2. The van der Waals surface area contributed by atoms with Crippen LogP contribution in [0.3, 0.4) is 0 Å². The number of benzene rings is 2. The number of pyridine rings is 2. The number of carbonyl (C=O) groups is 2. The van der Waals surface area contributed by atoms with Crippen molar-refractivity contribution >= 4 is 28.3 Å². The number of ketones is 1. The van der Waals surface area contributed by atoms with Gasteiger partial charge in [0.05, 0.1) is 28.2 Å². The van der Waals surface area contributed by atoms with Crippen molar-refractivity contribution in [1.29, 1.82) is 0 Å². The quantitative estimate of drug-likeness (QED) is 0.138. The Morgan fingerprint density at radius 3 is 2.17 bits per heavy atom. The van der Waals surface area contributed by atoms with Crippen LogP contribution >= 0.6 is 0 Å². The molecule has 0 aliphatic carbocycles. The van der Waals surface area contributed by atoms with Crippen LogP contribution in [0.15, 0.2) is 90.0 Å². The maximum absolute atomic E-state index is 13.4. The highest BCUT2D eigenvalue weighted by atomic mass is 16.5. The van der Waals surface area contributed by atoms with Gasteiger partial charge in [0.1, 0.15) is 5.76 Å². The number of aryl methyl sites for hydroxylation is 2. The van der Waals surface area contributed by atoms with E-state index < -0.39 is 0 Å². The molecule has 4 aromatic rings. The second-order valence-corrected chi connectivity index (χ2v) is 11.6. The molecule has 0 spiro atoms. The number of carbonyl (C=O) groups excluding carboxylic acids is 2. The number of ether oxygens (including phenoxy) is 1. The molecule has 2 aromatic carbocycles. The van der Waals surface area contributed by atoms with Crippen LogP contribution in [0.5, 0.6) is 0 Å². The summed E-state index contributed by atoms with van der Waals surface area (Å²) in [6, 6.07) is 18.5. The summed E-state index contributed by atoms with van der Waals surface area (Å²) in [5.41, 5.74) is 7.30. The largest absolute Gasteiger partial charge is 0.467 e. The molecule has 0 fully saturated rings. The fourth-order valence-electron chi connectivity index (χ4n) is 4.78. The van der Waals surface area contributed by atoms with E-state index in [9.17, 15) is 9.59 Å². The Morgan fingerprint density at radius 2 is 1.62 bits per heavy atom. The Kier molecular flexibility index (Phi) is 15.7. The van der Waals surface area contributed by atoms with E-state index in [2.05, 4.69) is 37.1 Å². The number of rotatable bonds is 10. The van der Waals surface area contributed by atoms with Crippen molar-refractivity contribution in [1.82, 2.24) is 9.97 Å². The number of hydrogen-bond acceptors (Lipinski definition) is 5. The second-order valence-electron chi connectivity index (χ2n) is 11.6. The van der Waals surface area contributed by atoms with Gasteiger partial charge in [0.2, 0.25) is 0 Å². The van der Waals surface area contributed by atoms with Crippen LogP contribution in [0.1, 0.15) is 113 Å². The van der Waals surface area contributed by atoms with Gasteiger partial charge in [-0.2, -0.15) is 0 Å². The lowest BCUT2D eigenvalue weighted by atomic mass is 9.97. The van der Waals surface area contributed by atoms with E-state index in [4.69, 9.17) is 9.72 Å². The van der Waals surface area contributed by atoms with Crippen LogP contribution in [0.25, 0.3) is 22.3 Å². The predicted octanol–water partition coefficient (Wildman–Crippen LogP) is 11.4. The standard InChI is InChI=1S/C28H27N3O2.C11H20O.C2H6/c1-5-18(3)27(32)20-9-11-21(12-10-20)30-28(33)23-16-25(24-8-6-7-13-29-24)31-26-19(4)14-17(2)15-22(23)26;1-6-8-11(9(3)4)12-10(5)7-2;1-2/h6-16,18H,5H2,1-4H3,(H,30,33);7H,6,8H2,1-5H3;1-2H3/b;10-7-;. The predicted molar refractivity (Wildman–Crippen MR) is 198 cm³/mol. The van der Waals surface area contributed by atoms with E-state index in [0.717, 1.165) is 52.8 Å². The minimum atomic E-state index is -0.231. The second kappa shape index (κ2) is 19.2. The zero-order chi connectivity index (χ0) is 35.1. The van der Waals surface area contributed by atoms with E-state index in [1.165, 1.54) is 5.57 Å². The molecule has 1 amide bonds. The molecule has 1 N–H and O–H groups in total. The van der Waals surface area contributed by atoms with Gasteiger partial charge in [-0.05, 0) is 120 Å². The molecule has 250 valence electrons. The van der Waals surface area contributed by atoms with E-state index in [1.807, 2.05) is 85.7 Å². The minimum Gasteiger partial charge on any atom is -0.467 e. The van der Waals surface area contributed by atoms with Crippen LogP contribution in [0.2, 0.25) is 0 Å². The number of allylic oxidation sites excluding steroid dienone is 4. The highest BCUT2D eigenvalue weighted by Crippen LogP contribution is 2.28. The van der Waals surface area contributed by atoms with Gasteiger partial charge < -0.3 is 10.1 Å². The summed E-state index contributed by atoms with van der Waals surface area (Å²) in [6.07, 6.45) is 6.67. The highest BCUT2D eigenvalue weighted by Gasteiger charge is 2.17. The van der Waals surface area contributed by atoms with Gasteiger partial charge >= 0.3 is 0 Å². The van der Waals surface area contributed by atoms with Gasteiger partial charge in [0, 0.05) is 35.2 Å². The Balaban J connectivity index is 0.000000465. The molecule has 2 aromatic heterocycles. The fraction of sp³-hybridized carbons (Fsp3) is 0.366. The lowest BCUT2D eigenvalue weighted by molar-refractivity contribution is 0.0927. The number of anilines is 1. The number of fused-ring (bicyclic) bond motifs is 1. The molecule has 6 nitrogen and oxygen atoms in total. The van der Waals surface area contributed by atoms with Crippen molar-refractivity contribution in [2.24, 2.45) is 5.92 Å². The number of amides is 1. The Bertz CT molecular complexity index is 1680. The van der Waals surface area contributed by atoms with Gasteiger partial charge in [0.15, 0.2) is 5.78 Å². The van der Waals surface area contributed by atoms with Crippen LogP contribution in [0.4, 0.5) is 5.69 Å². The topological polar surface area (TPSA) is 81.2 Å². The first-order valence-electron chi connectivity index (χ1n) is 16.7. The summed E-state index contributed by atoms with van der Waals surface area (Å²) in [5.74, 6) is 1.96. The minimum absolute atomic E-state index is 0.0230. The number of nitrogens with zero attached hydrogens (tertiary/aromatic N) is 2. The van der Waals surface area contributed by atoms with Crippen molar-refractivity contribution in [2.45, 2.75) is 95.4 Å². The summed E-state index contributed by atoms with van der Waals surface area (Å²) >= 11 is 0. The molecule has 6 heteroatoms. The molecule has 0 aliphatic rings. The van der Waals surface area contributed by atoms with E-state index in [0.29, 0.717) is 28.2 Å². The van der Waals surface area contributed by atoms with Crippen molar-refractivity contribution in [2.75, 3.05) is 5.32 Å². The van der Waals surface area contributed by atoms with Gasteiger partial charge in [-0.1, -0.05) is 52.3 Å². The van der Waals surface area contributed by atoms with Gasteiger partial charge in [-0.15, -0.1) is 0 Å². The molecule has 0 saturated heterocycles. The SMILES string of the molecule is C/C=C(/C)OC(CCC)=C(C)C.CC.CCC(C)C(=O)c1ccc(NC(=O)c2cc(-c3ccccn3)nc3c(C)cc(C)cc23)cc1. The number of hydrogen-bond donors (Lipinski definition) is 1. The summed E-state index contributed by atoms with van der Waals surface area (Å²) in [7, 11) is 0. The maximum atomic E-state index is 13.4. The van der Waals surface area contributed by atoms with Crippen LogP contribution < -0.4 is 5.32 Å². The molecule has 4 rings (SSSR count). The Morgan fingerprint density at radius 1 is 0.936 bits per heavy atom. The molecule has 1 unspecified atom stereocenters. The summed E-state index contributed by atoms with van der Waals surface area (Å²) in [6.45, 7) is 22.3. The first kappa shape index (κ1) is 38.6. The normalized spacial score (nSPS) is 11.3. The molecule has 2 heterocycles. The first-order chi connectivity index (χ1) is 22.5. The Hall–Kier alpha value is -4.58. The summed E-state index contributed by atoms with van der Waals surface area (Å²) in [5, 5.41) is 3.78. The Labute approximate surface area is 282 Å². The maximum Gasteiger partial charge on any atom is 0.256 e. The van der Waals surface area contributed by atoms with E-state index in [1.54, 1.807) is 36.5 Å². The highest BCUT2D eigenvalue weighted by molar-refractivity contribution is 6.13. The average Bonchev–Trinajstić information content (AvgIpc) is 3.08. The third-order valence-corrected chi connectivity index (χ3v) is 7.63. The molecule has 0 radical (unpaired) electrons. The molecule has 0 bridgehead atoms. The van der Waals surface area contributed by atoms with Gasteiger partial charge in [-0.3, -0.25) is 14.6 Å². The van der Waals surface area contributed by atoms with Crippen molar-refractivity contribution in [3.8, 4) is 11.4 Å². The number of nitrogens with one attached hydrogen (secondary N) is 1. The van der Waals surface area contributed by atoms with Crippen LogP contribution in [-0.4, -0.2) is 21.7 Å². The lowest BCUT2D eigenvalue weighted by Crippen LogP contribution is -2.14. The van der Waals surface area contributed by atoms with Gasteiger partial charge in [-0.25, -0.2) is 4.98 Å². The molecular formula is C41H53N3O3. The van der Waals surface area contributed by atoms with E-state index in [-0.39, 0.29) is 17.6 Å². The molecule has 1 atom stereocenters. The lowest BCUT2D eigenvalue weighted by Gasteiger charge is -2.13. The average molecular weight is 636 g/mol. The van der Waals surface area contributed by atoms with Crippen LogP contribution in [0, 0.1) is 19.8 Å². The first-order valence-corrected chi connectivity index (χ1v) is 16.7. The zero-order valence-corrected chi connectivity index (χ0v) is 30.2.